The van der Waals surface area contributed by atoms with Crippen LogP contribution in [0.3, 0.4) is 0 Å². The van der Waals surface area contributed by atoms with Crippen LogP contribution in [-0.4, -0.2) is 12.5 Å². The maximum absolute atomic E-state index is 12.0. The molecule has 0 saturated heterocycles. The minimum Gasteiger partial charge on any atom is -0.376 e. The van der Waals surface area contributed by atoms with Crippen molar-refractivity contribution in [1.29, 1.82) is 5.26 Å². The number of benzene rings is 2. The van der Waals surface area contributed by atoms with Gasteiger partial charge in [-0.1, -0.05) is 28.1 Å². The van der Waals surface area contributed by atoms with Crippen LogP contribution >= 0.6 is 15.9 Å². The zero-order valence-electron chi connectivity index (χ0n) is 12.1. The van der Waals surface area contributed by atoms with Gasteiger partial charge in [-0.15, -0.1) is 0 Å². The molecule has 0 saturated carbocycles. The number of halogens is 1. The summed E-state index contributed by atoms with van der Waals surface area (Å²) in [6, 6.07) is 16.8. The van der Waals surface area contributed by atoms with Gasteiger partial charge in [0.05, 0.1) is 24.2 Å². The van der Waals surface area contributed by atoms with Crippen molar-refractivity contribution in [2.75, 3.05) is 11.9 Å². The molecular formula is C17H16BrN3O. The number of nitrogens with zero attached hydrogens (tertiary/aromatic N) is 1. The van der Waals surface area contributed by atoms with E-state index in [1.165, 1.54) is 0 Å². The van der Waals surface area contributed by atoms with E-state index in [1.54, 1.807) is 24.3 Å². The Morgan fingerprint density at radius 2 is 1.82 bits per heavy atom. The van der Waals surface area contributed by atoms with Gasteiger partial charge in [-0.3, -0.25) is 4.79 Å². The lowest BCUT2D eigenvalue weighted by Crippen LogP contribution is -2.32. The second-order valence-corrected chi connectivity index (χ2v) is 5.80. The molecule has 0 heterocycles. The molecule has 2 aromatic rings. The van der Waals surface area contributed by atoms with Crippen LogP contribution in [0.15, 0.2) is 53.0 Å². The Hall–Kier alpha value is -2.32. The van der Waals surface area contributed by atoms with E-state index in [0.717, 1.165) is 15.7 Å². The lowest BCUT2D eigenvalue weighted by Gasteiger charge is -2.15. The van der Waals surface area contributed by atoms with Crippen LogP contribution in [-0.2, 0) is 4.79 Å². The first-order valence-electron chi connectivity index (χ1n) is 6.87. The molecule has 0 aromatic heterocycles. The molecule has 2 aromatic carbocycles. The Balaban J connectivity index is 1.84. The summed E-state index contributed by atoms with van der Waals surface area (Å²) in [5.41, 5.74) is 2.46. The first-order chi connectivity index (χ1) is 10.6. The van der Waals surface area contributed by atoms with Gasteiger partial charge in [-0.2, -0.15) is 5.26 Å². The summed E-state index contributed by atoms with van der Waals surface area (Å²) >= 11 is 3.39. The summed E-state index contributed by atoms with van der Waals surface area (Å²) in [6.45, 7) is 2.13. The third kappa shape index (κ3) is 4.61. The maximum Gasteiger partial charge on any atom is 0.239 e. The summed E-state index contributed by atoms with van der Waals surface area (Å²) < 4.78 is 1.01. The summed E-state index contributed by atoms with van der Waals surface area (Å²) in [4.78, 5) is 12.0. The zero-order chi connectivity index (χ0) is 15.9. The Kier molecular flexibility index (Phi) is 5.56. The van der Waals surface area contributed by atoms with E-state index in [-0.39, 0.29) is 18.5 Å². The average Bonchev–Trinajstić information content (AvgIpc) is 2.54. The van der Waals surface area contributed by atoms with E-state index < -0.39 is 0 Å². The predicted octanol–water partition coefficient (Wildman–Crippen LogP) is 3.61. The molecule has 5 heteroatoms. The van der Waals surface area contributed by atoms with Crippen LogP contribution in [0.5, 0.6) is 0 Å². The van der Waals surface area contributed by atoms with Crippen LogP contribution in [0.25, 0.3) is 0 Å². The monoisotopic (exact) mass is 357 g/mol. The highest BCUT2D eigenvalue weighted by Gasteiger charge is 2.09. The normalized spacial score (nSPS) is 11.3. The van der Waals surface area contributed by atoms with E-state index >= 15 is 0 Å². The van der Waals surface area contributed by atoms with E-state index in [0.29, 0.717) is 5.56 Å². The van der Waals surface area contributed by atoms with Crippen LogP contribution in [0.4, 0.5) is 5.69 Å². The molecule has 22 heavy (non-hydrogen) atoms. The Morgan fingerprint density at radius 3 is 2.41 bits per heavy atom. The van der Waals surface area contributed by atoms with Crippen molar-refractivity contribution < 1.29 is 4.79 Å². The minimum atomic E-state index is -0.0835. The smallest absolute Gasteiger partial charge is 0.239 e. The Bertz CT molecular complexity index is 675. The molecule has 1 amide bonds. The number of nitriles is 1. The predicted molar refractivity (Wildman–Crippen MR) is 90.3 cm³/mol. The lowest BCUT2D eigenvalue weighted by atomic mass is 10.1. The van der Waals surface area contributed by atoms with E-state index in [9.17, 15) is 4.79 Å². The van der Waals surface area contributed by atoms with Crippen LogP contribution < -0.4 is 10.6 Å². The molecular weight excluding hydrogens is 342 g/mol. The number of carbonyl (C=O) groups is 1. The number of hydrogen-bond acceptors (Lipinski definition) is 3. The highest BCUT2D eigenvalue weighted by atomic mass is 79.9. The molecule has 1 atom stereocenters. The van der Waals surface area contributed by atoms with Crippen molar-refractivity contribution in [3.63, 3.8) is 0 Å². The number of nitrogens with one attached hydrogen (secondary N) is 2. The van der Waals surface area contributed by atoms with E-state index in [4.69, 9.17) is 5.26 Å². The molecule has 0 bridgehead atoms. The summed E-state index contributed by atoms with van der Waals surface area (Å²) in [5.74, 6) is -0.0835. The fourth-order valence-electron chi connectivity index (χ4n) is 1.97. The third-order valence-electron chi connectivity index (χ3n) is 3.21. The van der Waals surface area contributed by atoms with Gasteiger partial charge < -0.3 is 10.6 Å². The number of hydrogen-bond donors (Lipinski definition) is 2. The van der Waals surface area contributed by atoms with Gasteiger partial charge in [0.2, 0.25) is 5.91 Å². The van der Waals surface area contributed by atoms with Gasteiger partial charge in [-0.25, -0.2) is 0 Å². The molecule has 0 radical (unpaired) electrons. The van der Waals surface area contributed by atoms with Crippen molar-refractivity contribution in [2.24, 2.45) is 0 Å². The minimum absolute atomic E-state index is 0.0524. The molecule has 2 N–H and O–H groups in total. The van der Waals surface area contributed by atoms with Crippen LogP contribution in [0.2, 0.25) is 0 Å². The molecule has 0 aliphatic rings. The van der Waals surface area contributed by atoms with Gasteiger partial charge in [0.1, 0.15) is 0 Å². The van der Waals surface area contributed by atoms with Gasteiger partial charge in [0, 0.05) is 10.2 Å². The fourth-order valence-corrected chi connectivity index (χ4v) is 2.24. The molecule has 112 valence electrons. The standard InChI is InChI=1S/C17H16BrN3O/c1-12(14-4-6-15(18)7-5-14)21-17(22)11-20-16-8-2-13(10-19)3-9-16/h2-9,12,20H,11H2,1H3,(H,21,22). The molecule has 0 fully saturated rings. The second-order valence-electron chi connectivity index (χ2n) is 4.88. The third-order valence-corrected chi connectivity index (χ3v) is 3.74. The summed E-state index contributed by atoms with van der Waals surface area (Å²) in [7, 11) is 0. The lowest BCUT2D eigenvalue weighted by molar-refractivity contribution is -0.120. The summed E-state index contributed by atoms with van der Waals surface area (Å²) in [5, 5.41) is 14.7. The topological polar surface area (TPSA) is 64.9 Å². The molecule has 1 unspecified atom stereocenters. The van der Waals surface area contributed by atoms with E-state index in [1.807, 2.05) is 31.2 Å². The largest absolute Gasteiger partial charge is 0.376 e. The quantitative estimate of drug-likeness (QED) is 0.858. The number of anilines is 1. The van der Waals surface area contributed by atoms with Crippen molar-refractivity contribution in [2.45, 2.75) is 13.0 Å². The first-order valence-corrected chi connectivity index (χ1v) is 7.66. The fraction of sp³-hybridized carbons (Fsp3) is 0.176. The number of rotatable bonds is 5. The van der Waals surface area contributed by atoms with E-state index in [2.05, 4.69) is 32.6 Å². The molecule has 4 nitrogen and oxygen atoms in total. The van der Waals surface area contributed by atoms with Crippen molar-refractivity contribution >= 4 is 27.5 Å². The molecule has 0 aliphatic carbocycles. The van der Waals surface area contributed by atoms with Crippen LogP contribution in [0, 0.1) is 11.3 Å². The zero-order valence-corrected chi connectivity index (χ0v) is 13.7. The van der Waals surface area contributed by atoms with Gasteiger partial charge in [-0.05, 0) is 48.9 Å². The highest BCUT2D eigenvalue weighted by Crippen LogP contribution is 2.16. The SMILES string of the molecule is CC(NC(=O)CNc1ccc(C#N)cc1)c1ccc(Br)cc1. The molecule has 2 rings (SSSR count). The Morgan fingerprint density at radius 1 is 1.18 bits per heavy atom. The van der Waals surface area contributed by atoms with Crippen molar-refractivity contribution in [3.05, 3.63) is 64.1 Å². The van der Waals surface area contributed by atoms with Crippen LogP contribution in [0.1, 0.15) is 24.1 Å². The van der Waals surface area contributed by atoms with Gasteiger partial charge in [0.15, 0.2) is 0 Å². The first kappa shape index (κ1) is 16.1. The second kappa shape index (κ2) is 7.62. The van der Waals surface area contributed by atoms with Crippen molar-refractivity contribution in [1.82, 2.24) is 5.32 Å². The Labute approximate surface area is 138 Å². The molecule has 0 aliphatic heterocycles. The van der Waals surface area contributed by atoms with Gasteiger partial charge in [0.25, 0.3) is 0 Å². The average molecular weight is 358 g/mol. The molecule has 0 spiro atoms. The highest BCUT2D eigenvalue weighted by molar-refractivity contribution is 9.10. The maximum atomic E-state index is 12.0. The van der Waals surface area contributed by atoms with Gasteiger partial charge >= 0.3 is 0 Å². The van der Waals surface area contributed by atoms with Crippen molar-refractivity contribution in [3.8, 4) is 6.07 Å². The number of amides is 1. The number of carbonyl (C=O) groups excluding carboxylic acids is 1. The summed E-state index contributed by atoms with van der Waals surface area (Å²) in [6.07, 6.45) is 0.